The second-order valence-corrected chi connectivity index (χ2v) is 3.13. The molecule has 0 saturated carbocycles. The summed E-state index contributed by atoms with van der Waals surface area (Å²) < 4.78 is 5.46. The molecule has 1 aromatic carbocycles. The zero-order chi connectivity index (χ0) is 10.2. The van der Waals surface area contributed by atoms with Gasteiger partial charge in [0.1, 0.15) is 11.5 Å². The normalized spacial score (nSPS) is 9.71. The molecule has 0 saturated heterocycles. The average Bonchev–Trinajstić information content (AvgIpc) is 2.21. The summed E-state index contributed by atoms with van der Waals surface area (Å²) >= 11 is 0. The molecule has 0 fully saturated rings. The maximum Gasteiger partial charge on any atom is 0.119 e. The van der Waals surface area contributed by atoms with Gasteiger partial charge in [-0.2, -0.15) is 0 Å². The predicted molar refractivity (Wildman–Crippen MR) is 57.6 cm³/mol. The zero-order valence-electron chi connectivity index (χ0n) is 8.28. The topological polar surface area (TPSA) is 29.5 Å². The van der Waals surface area contributed by atoms with Gasteiger partial charge in [0.05, 0.1) is 6.61 Å². The Morgan fingerprint density at radius 2 is 1.93 bits per heavy atom. The van der Waals surface area contributed by atoms with E-state index in [2.05, 4.69) is 6.58 Å². The van der Waals surface area contributed by atoms with Crippen molar-refractivity contribution in [2.75, 3.05) is 6.61 Å². The van der Waals surface area contributed by atoms with Gasteiger partial charge in [0, 0.05) is 0 Å². The largest absolute Gasteiger partial charge is 0.508 e. The molecular weight excluding hydrogens is 176 g/mol. The monoisotopic (exact) mass is 192 g/mol. The van der Waals surface area contributed by atoms with Crippen LogP contribution < -0.4 is 4.74 Å². The van der Waals surface area contributed by atoms with E-state index in [0.29, 0.717) is 0 Å². The molecule has 1 aromatic rings. The third-order valence-electron chi connectivity index (χ3n) is 1.91. The van der Waals surface area contributed by atoms with E-state index in [1.807, 2.05) is 6.08 Å². The molecule has 0 aromatic heterocycles. The van der Waals surface area contributed by atoms with Crippen LogP contribution in [0.1, 0.15) is 19.3 Å². The van der Waals surface area contributed by atoms with Crippen LogP contribution in [-0.4, -0.2) is 11.7 Å². The highest BCUT2D eigenvalue weighted by atomic mass is 16.5. The zero-order valence-corrected chi connectivity index (χ0v) is 8.28. The van der Waals surface area contributed by atoms with Crippen LogP contribution in [-0.2, 0) is 0 Å². The third kappa shape index (κ3) is 3.99. The summed E-state index contributed by atoms with van der Waals surface area (Å²) in [4.78, 5) is 0. The Balaban J connectivity index is 2.18. The summed E-state index contributed by atoms with van der Waals surface area (Å²) in [5, 5.41) is 9.03. The number of rotatable bonds is 6. The highest BCUT2D eigenvalue weighted by molar-refractivity contribution is 5.29. The Labute approximate surface area is 84.8 Å². The number of allylic oxidation sites excluding steroid dienone is 1. The summed E-state index contributed by atoms with van der Waals surface area (Å²) in [6, 6.07) is 6.78. The number of phenolic OH excluding ortho intramolecular Hbond substituents is 1. The first kappa shape index (κ1) is 10.6. The van der Waals surface area contributed by atoms with Crippen LogP contribution in [0.15, 0.2) is 36.9 Å². The minimum absolute atomic E-state index is 0.268. The van der Waals surface area contributed by atoms with Gasteiger partial charge < -0.3 is 9.84 Å². The predicted octanol–water partition coefficient (Wildman–Crippen LogP) is 3.13. The van der Waals surface area contributed by atoms with Crippen molar-refractivity contribution in [2.24, 2.45) is 0 Å². The molecule has 2 nitrogen and oxygen atoms in total. The Bertz CT molecular complexity index is 264. The van der Waals surface area contributed by atoms with E-state index in [0.717, 1.165) is 31.6 Å². The summed E-state index contributed by atoms with van der Waals surface area (Å²) in [5.41, 5.74) is 0. The Hall–Kier alpha value is -1.44. The van der Waals surface area contributed by atoms with Crippen LogP contribution in [0.4, 0.5) is 0 Å². The summed E-state index contributed by atoms with van der Waals surface area (Å²) in [7, 11) is 0. The first-order valence-corrected chi connectivity index (χ1v) is 4.85. The molecule has 14 heavy (non-hydrogen) atoms. The number of benzene rings is 1. The van der Waals surface area contributed by atoms with E-state index in [-0.39, 0.29) is 5.75 Å². The number of hydrogen-bond acceptors (Lipinski definition) is 2. The molecule has 0 aliphatic rings. The van der Waals surface area contributed by atoms with Crippen LogP contribution in [0, 0.1) is 0 Å². The van der Waals surface area contributed by atoms with Crippen molar-refractivity contribution in [3.63, 3.8) is 0 Å². The number of aromatic hydroxyl groups is 1. The summed E-state index contributed by atoms with van der Waals surface area (Å²) in [5.74, 6) is 1.07. The van der Waals surface area contributed by atoms with Crippen LogP contribution in [0.2, 0.25) is 0 Å². The maximum absolute atomic E-state index is 9.03. The van der Waals surface area contributed by atoms with E-state index in [1.54, 1.807) is 24.3 Å². The lowest BCUT2D eigenvalue weighted by Crippen LogP contribution is -1.96. The number of phenols is 1. The molecule has 1 N–H and O–H groups in total. The molecule has 76 valence electrons. The minimum Gasteiger partial charge on any atom is -0.508 e. The minimum atomic E-state index is 0.268. The van der Waals surface area contributed by atoms with E-state index < -0.39 is 0 Å². The number of unbranched alkanes of at least 4 members (excludes halogenated alkanes) is 2. The molecule has 0 heterocycles. The Morgan fingerprint density at radius 1 is 1.21 bits per heavy atom. The van der Waals surface area contributed by atoms with Gasteiger partial charge in [0.15, 0.2) is 0 Å². The van der Waals surface area contributed by atoms with Gasteiger partial charge in [-0.3, -0.25) is 0 Å². The van der Waals surface area contributed by atoms with E-state index in [4.69, 9.17) is 9.84 Å². The van der Waals surface area contributed by atoms with Crippen molar-refractivity contribution in [2.45, 2.75) is 19.3 Å². The third-order valence-corrected chi connectivity index (χ3v) is 1.91. The van der Waals surface area contributed by atoms with Crippen LogP contribution >= 0.6 is 0 Å². The van der Waals surface area contributed by atoms with Crippen LogP contribution in [0.25, 0.3) is 0 Å². The average molecular weight is 192 g/mol. The molecule has 0 radical (unpaired) electrons. The number of hydrogen-bond donors (Lipinski definition) is 1. The lowest BCUT2D eigenvalue weighted by molar-refractivity contribution is 0.307. The standard InChI is InChI=1S/C12H16O2/c1-2-3-4-5-10-14-12-8-6-11(13)7-9-12/h2,6-9,13H,1,3-5,10H2. The second kappa shape index (κ2) is 6.08. The molecule has 0 bridgehead atoms. The van der Waals surface area contributed by atoms with Crippen molar-refractivity contribution in [1.82, 2.24) is 0 Å². The smallest absolute Gasteiger partial charge is 0.119 e. The fourth-order valence-corrected chi connectivity index (χ4v) is 1.12. The van der Waals surface area contributed by atoms with Gasteiger partial charge in [-0.05, 0) is 43.5 Å². The molecule has 1 rings (SSSR count). The Morgan fingerprint density at radius 3 is 2.57 bits per heavy atom. The van der Waals surface area contributed by atoms with Crippen molar-refractivity contribution < 1.29 is 9.84 Å². The molecule has 0 aliphatic heterocycles. The summed E-state index contributed by atoms with van der Waals surface area (Å²) in [6.45, 7) is 4.38. The van der Waals surface area contributed by atoms with E-state index >= 15 is 0 Å². The Kier molecular flexibility index (Phi) is 4.62. The summed E-state index contributed by atoms with van der Waals surface area (Å²) in [6.07, 6.45) is 5.11. The lowest BCUT2D eigenvalue weighted by atomic mass is 10.2. The highest BCUT2D eigenvalue weighted by Crippen LogP contribution is 2.16. The first-order chi connectivity index (χ1) is 6.83. The molecule has 0 amide bonds. The van der Waals surface area contributed by atoms with Crippen LogP contribution in [0.3, 0.4) is 0 Å². The fraction of sp³-hybridized carbons (Fsp3) is 0.333. The van der Waals surface area contributed by atoms with Gasteiger partial charge in [-0.15, -0.1) is 6.58 Å². The fourth-order valence-electron chi connectivity index (χ4n) is 1.12. The van der Waals surface area contributed by atoms with Gasteiger partial charge in [0.25, 0.3) is 0 Å². The second-order valence-electron chi connectivity index (χ2n) is 3.13. The molecule has 0 atom stereocenters. The quantitative estimate of drug-likeness (QED) is 0.554. The van der Waals surface area contributed by atoms with Gasteiger partial charge in [-0.25, -0.2) is 0 Å². The maximum atomic E-state index is 9.03. The highest BCUT2D eigenvalue weighted by Gasteiger charge is 1.93. The van der Waals surface area contributed by atoms with Gasteiger partial charge in [-0.1, -0.05) is 6.08 Å². The lowest BCUT2D eigenvalue weighted by Gasteiger charge is -2.04. The molecule has 0 aliphatic carbocycles. The number of ether oxygens (including phenoxy) is 1. The van der Waals surface area contributed by atoms with Gasteiger partial charge >= 0.3 is 0 Å². The molecule has 0 unspecified atom stereocenters. The molecule has 0 spiro atoms. The van der Waals surface area contributed by atoms with Gasteiger partial charge in [0.2, 0.25) is 0 Å². The van der Waals surface area contributed by atoms with Crippen molar-refractivity contribution >= 4 is 0 Å². The molecular formula is C12H16O2. The van der Waals surface area contributed by atoms with Crippen LogP contribution in [0.5, 0.6) is 11.5 Å². The van der Waals surface area contributed by atoms with Crippen molar-refractivity contribution in [1.29, 1.82) is 0 Å². The molecule has 2 heteroatoms. The van der Waals surface area contributed by atoms with Crippen molar-refractivity contribution in [3.8, 4) is 11.5 Å². The SMILES string of the molecule is C=CCCCCOc1ccc(O)cc1. The first-order valence-electron chi connectivity index (χ1n) is 4.85. The van der Waals surface area contributed by atoms with E-state index in [9.17, 15) is 0 Å². The van der Waals surface area contributed by atoms with E-state index in [1.165, 1.54) is 0 Å². The van der Waals surface area contributed by atoms with Crippen molar-refractivity contribution in [3.05, 3.63) is 36.9 Å².